The molecule has 1 aliphatic rings. The summed E-state index contributed by atoms with van der Waals surface area (Å²) in [6.07, 6.45) is 3.55. The fourth-order valence-electron chi connectivity index (χ4n) is 4.49. The third-order valence-electron chi connectivity index (χ3n) is 6.11. The van der Waals surface area contributed by atoms with Crippen LogP contribution in [0.3, 0.4) is 0 Å². The van der Waals surface area contributed by atoms with Gasteiger partial charge in [-0.2, -0.15) is 0 Å². The van der Waals surface area contributed by atoms with Crippen LogP contribution >= 0.6 is 0 Å². The number of benzene rings is 3. The van der Waals surface area contributed by atoms with E-state index in [1.165, 1.54) is 0 Å². The van der Waals surface area contributed by atoms with Crippen LogP contribution in [0.2, 0.25) is 0 Å². The highest BCUT2D eigenvalue weighted by atomic mass is 16.5. The molecule has 1 aliphatic carbocycles. The largest absolute Gasteiger partial charge is 0.482 e. The number of aliphatic hydroxyl groups is 1. The molecule has 0 aliphatic heterocycles. The van der Waals surface area contributed by atoms with Gasteiger partial charge in [-0.3, -0.25) is 0 Å². The predicted octanol–water partition coefficient (Wildman–Crippen LogP) is 5.62. The second-order valence-electron chi connectivity index (χ2n) is 8.62. The second-order valence-corrected chi connectivity index (χ2v) is 8.62. The minimum atomic E-state index is -1.17. The lowest BCUT2D eigenvalue weighted by Crippen LogP contribution is -2.30. The molecule has 5 rings (SSSR count). The Labute approximate surface area is 203 Å². The molecule has 3 aromatic carbocycles. The van der Waals surface area contributed by atoms with Crippen LogP contribution in [0.5, 0.6) is 5.75 Å². The van der Waals surface area contributed by atoms with Crippen LogP contribution in [-0.4, -0.2) is 33.4 Å². The molecule has 176 valence electrons. The van der Waals surface area contributed by atoms with E-state index in [0.717, 1.165) is 22.4 Å². The average Bonchev–Trinajstić information content (AvgIpc) is 3.48. The predicted molar refractivity (Wildman–Crippen MR) is 133 cm³/mol. The van der Waals surface area contributed by atoms with Crippen molar-refractivity contribution >= 4 is 11.5 Å². The molecule has 1 atom stereocenters. The van der Waals surface area contributed by atoms with E-state index in [2.05, 4.69) is 0 Å². The van der Waals surface area contributed by atoms with Crippen LogP contribution in [0, 0.1) is 0 Å². The fourth-order valence-corrected chi connectivity index (χ4v) is 4.49. The van der Waals surface area contributed by atoms with Gasteiger partial charge in [0.05, 0.1) is 5.60 Å². The number of carboxylic acid groups (broad SMARTS) is 1. The van der Waals surface area contributed by atoms with Crippen LogP contribution in [0.25, 0.3) is 28.2 Å². The minimum Gasteiger partial charge on any atom is -0.482 e. The lowest BCUT2D eigenvalue weighted by molar-refractivity contribution is -0.139. The number of carbonyl (C=O) groups is 1. The Kier molecular flexibility index (Phi) is 6.21. The summed E-state index contributed by atoms with van der Waals surface area (Å²) >= 11 is 0. The van der Waals surface area contributed by atoms with Crippen LogP contribution in [-0.2, 0) is 11.2 Å². The van der Waals surface area contributed by atoms with Crippen molar-refractivity contribution in [2.45, 2.75) is 24.9 Å². The number of allylic oxidation sites excluding steroid dienone is 1. The van der Waals surface area contributed by atoms with Gasteiger partial charge in [-0.15, -0.1) is 0 Å². The van der Waals surface area contributed by atoms with Crippen LogP contribution < -0.4 is 4.74 Å². The summed E-state index contributed by atoms with van der Waals surface area (Å²) in [6, 6.07) is 26.8. The molecule has 0 amide bonds. The Hall–Kier alpha value is -4.16. The zero-order valence-corrected chi connectivity index (χ0v) is 19.1. The van der Waals surface area contributed by atoms with Gasteiger partial charge < -0.3 is 19.4 Å². The van der Waals surface area contributed by atoms with Crippen LogP contribution in [0.4, 0.5) is 0 Å². The smallest absolute Gasteiger partial charge is 0.341 e. The summed E-state index contributed by atoms with van der Waals surface area (Å²) in [5.74, 6) is 0.472. The van der Waals surface area contributed by atoms with E-state index in [4.69, 9.17) is 19.2 Å². The van der Waals surface area contributed by atoms with Crippen molar-refractivity contribution < 1.29 is 24.2 Å². The maximum absolute atomic E-state index is 11.7. The van der Waals surface area contributed by atoms with Crippen molar-refractivity contribution in [3.8, 4) is 28.3 Å². The number of oxazole rings is 1. The van der Waals surface area contributed by atoms with E-state index < -0.39 is 18.2 Å². The highest BCUT2D eigenvalue weighted by Crippen LogP contribution is 2.43. The van der Waals surface area contributed by atoms with Gasteiger partial charge >= 0.3 is 5.97 Å². The summed E-state index contributed by atoms with van der Waals surface area (Å²) in [6.45, 7) is -0.417. The fraction of sp³-hybridized carbons (Fsp3) is 0.172. The SMILES string of the molecule is O=C(O)COc1cccc(C[C@@]2(O)CCC=C2c2nc(-c3ccccc3)c(-c3ccccc3)o2)c1. The molecule has 0 bridgehead atoms. The highest BCUT2D eigenvalue weighted by molar-refractivity contribution is 5.80. The topological polar surface area (TPSA) is 92.8 Å². The molecule has 6 heteroatoms. The summed E-state index contributed by atoms with van der Waals surface area (Å²) in [7, 11) is 0. The highest BCUT2D eigenvalue weighted by Gasteiger charge is 2.39. The molecule has 0 saturated heterocycles. The van der Waals surface area contributed by atoms with Gasteiger partial charge in [-0.1, -0.05) is 78.9 Å². The molecular formula is C29H25NO5. The maximum atomic E-state index is 11.7. The van der Waals surface area contributed by atoms with E-state index in [1.807, 2.05) is 72.8 Å². The number of hydrogen-bond donors (Lipinski definition) is 2. The van der Waals surface area contributed by atoms with Gasteiger partial charge in [-0.05, 0) is 30.5 Å². The Morgan fingerprint density at radius 3 is 2.40 bits per heavy atom. The Bertz CT molecular complexity index is 1300. The van der Waals surface area contributed by atoms with Crippen molar-refractivity contribution in [1.29, 1.82) is 0 Å². The number of nitrogens with zero attached hydrogens (tertiary/aromatic N) is 1. The van der Waals surface area contributed by atoms with Crippen molar-refractivity contribution in [2.75, 3.05) is 6.61 Å². The summed E-state index contributed by atoms with van der Waals surface area (Å²) in [5.41, 5.74) is 2.90. The normalized spacial score (nSPS) is 17.2. The summed E-state index contributed by atoms with van der Waals surface area (Å²) in [4.78, 5) is 15.7. The molecule has 0 saturated carbocycles. The first kappa shape index (κ1) is 22.6. The molecule has 4 aromatic rings. The summed E-state index contributed by atoms with van der Waals surface area (Å²) < 4.78 is 11.6. The molecular weight excluding hydrogens is 442 g/mol. The average molecular weight is 468 g/mol. The lowest BCUT2D eigenvalue weighted by atomic mass is 9.88. The van der Waals surface area contributed by atoms with E-state index >= 15 is 0 Å². The van der Waals surface area contributed by atoms with Crippen molar-refractivity contribution in [3.63, 3.8) is 0 Å². The van der Waals surface area contributed by atoms with Gasteiger partial charge in [-0.25, -0.2) is 9.78 Å². The number of hydrogen-bond acceptors (Lipinski definition) is 5. The number of rotatable bonds is 8. The molecule has 0 fully saturated rings. The maximum Gasteiger partial charge on any atom is 0.341 e. The molecule has 0 radical (unpaired) electrons. The third kappa shape index (κ3) is 4.88. The molecule has 1 heterocycles. The molecule has 35 heavy (non-hydrogen) atoms. The van der Waals surface area contributed by atoms with Gasteiger partial charge in [0.25, 0.3) is 0 Å². The molecule has 6 nitrogen and oxygen atoms in total. The molecule has 2 N–H and O–H groups in total. The zero-order valence-electron chi connectivity index (χ0n) is 19.1. The van der Waals surface area contributed by atoms with Gasteiger partial charge in [0.2, 0.25) is 5.89 Å². The number of carboxylic acids is 1. The van der Waals surface area contributed by atoms with E-state index in [0.29, 0.717) is 42.2 Å². The number of aliphatic carboxylic acids is 1. The zero-order chi connectivity index (χ0) is 24.3. The van der Waals surface area contributed by atoms with Crippen molar-refractivity contribution in [3.05, 3.63) is 102 Å². The van der Waals surface area contributed by atoms with Gasteiger partial charge in [0, 0.05) is 23.1 Å². The first-order valence-electron chi connectivity index (χ1n) is 11.5. The van der Waals surface area contributed by atoms with Crippen LogP contribution in [0.15, 0.2) is 95.4 Å². The molecule has 0 unspecified atom stereocenters. The number of aromatic nitrogens is 1. The van der Waals surface area contributed by atoms with Crippen LogP contribution in [0.1, 0.15) is 24.3 Å². The van der Waals surface area contributed by atoms with Crippen molar-refractivity contribution in [2.24, 2.45) is 0 Å². The van der Waals surface area contributed by atoms with E-state index in [1.54, 1.807) is 18.2 Å². The molecule has 0 spiro atoms. The second kappa shape index (κ2) is 9.60. The standard InChI is InChI=1S/C29H25NO5/c31-25(32)19-34-23-14-7-9-20(17-23)18-29(33)16-8-15-24(29)28-30-26(21-10-3-1-4-11-21)27(35-28)22-12-5-2-6-13-22/h1-7,9-15,17,33H,8,16,18-19H2,(H,31,32)/t29-/m0/s1. The first-order valence-corrected chi connectivity index (χ1v) is 11.5. The third-order valence-corrected chi connectivity index (χ3v) is 6.11. The quantitative estimate of drug-likeness (QED) is 0.349. The Morgan fingerprint density at radius 2 is 1.69 bits per heavy atom. The summed E-state index contributed by atoms with van der Waals surface area (Å²) in [5, 5.41) is 20.6. The van der Waals surface area contributed by atoms with E-state index in [-0.39, 0.29) is 0 Å². The number of ether oxygens (including phenoxy) is 1. The first-order chi connectivity index (χ1) is 17.0. The molecule has 1 aromatic heterocycles. The van der Waals surface area contributed by atoms with Crippen molar-refractivity contribution in [1.82, 2.24) is 4.98 Å². The Morgan fingerprint density at radius 1 is 0.971 bits per heavy atom. The van der Waals surface area contributed by atoms with E-state index in [9.17, 15) is 9.90 Å². The van der Waals surface area contributed by atoms with Gasteiger partial charge in [0.1, 0.15) is 11.4 Å². The lowest BCUT2D eigenvalue weighted by Gasteiger charge is -2.25. The van der Waals surface area contributed by atoms with Gasteiger partial charge in [0.15, 0.2) is 12.4 Å². The monoisotopic (exact) mass is 467 g/mol. The minimum absolute atomic E-state index is 0.326. The Balaban J connectivity index is 1.48.